The number of hydrazone groups is 1. The molecule has 2 aromatic rings. The standard InChI is InChI=1S/C20H16FN3O3S/c1-2-11-24-19(27)17(12-13-7-9-14(21)10-8-13)28-20(24)23-22-18(26)15-5-3-4-6-16(15)25/h2-10,12,25H,1,11H2,(H,22,26). The van der Waals surface area contributed by atoms with Gasteiger partial charge in [0, 0.05) is 6.54 Å². The molecule has 2 amide bonds. The number of benzene rings is 2. The molecule has 0 atom stereocenters. The van der Waals surface area contributed by atoms with Crippen LogP contribution in [0.5, 0.6) is 5.75 Å². The van der Waals surface area contributed by atoms with Gasteiger partial charge in [-0.25, -0.2) is 9.82 Å². The third-order valence-electron chi connectivity index (χ3n) is 3.77. The molecule has 3 rings (SSSR count). The van der Waals surface area contributed by atoms with Crippen LogP contribution >= 0.6 is 11.8 Å². The van der Waals surface area contributed by atoms with E-state index in [4.69, 9.17) is 0 Å². The summed E-state index contributed by atoms with van der Waals surface area (Å²) < 4.78 is 13.1. The van der Waals surface area contributed by atoms with Gasteiger partial charge in [-0.2, -0.15) is 0 Å². The number of nitrogens with zero attached hydrogens (tertiary/aromatic N) is 2. The average molecular weight is 397 g/mol. The Kier molecular flexibility index (Phi) is 5.90. The number of hydrogen-bond donors (Lipinski definition) is 2. The summed E-state index contributed by atoms with van der Waals surface area (Å²) in [6, 6.07) is 11.8. The number of nitrogens with one attached hydrogen (secondary N) is 1. The van der Waals surface area contributed by atoms with Crippen molar-refractivity contribution in [1.82, 2.24) is 10.3 Å². The maximum Gasteiger partial charge on any atom is 0.275 e. The van der Waals surface area contributed by atoms with E-state index in [0.717, 1.165) is 11.8 Å². The molecular weight excluding hydrogens is 381 g/mol. The molecule has 1 saturated heterocycles. The van der Waals surface area contributed by atoms with Crippen molar-refractivity contribution in [2.75, 3.05) is 6.54 Å². The number of carbonyl (C=O) groups excluding carboxylic acids is 2. The van der Waals surface area contributed by atoms with Crippen LogP contribution in [0.2, 0.25) is 0 Å². The number of thioether (sulfide) groups is 1. The van der Waals surface area contributed by atoms with Gasteiger partial charge in [-0.05, 0) is 47.7 Å². The second kappa shape index (κ2) is 8.53. The van der Waals surface area contributed by atoms with Crippen molar-refractivity contribution in [1.29, 1.82) is 0 Å². The number of carbonyl (C=O) groups is 2. The third kappa shape index (κ3) is 4.29. The van der Waals surface area contributed by atoms with E-state index in [1.807, 2.05) is 0 Å². The number of para-hydroxylation sites is 1. The summed E-state index contributed by atoms with van der Waals surface area (Å²) in [5.74, 6) is -1.44. The minimum atomic E-state index is -0.604. The van der Waals surface area contributed by atoms with Crippen LogP contribution in [0.1, 0.15) is 15.9 Å². The first kappa shape index (κ1) is 19.4. The molecule has 1 aliphatic heterocycles. The zero-order valence-electron chi connectivity index (χ0n) is 14.6. The molecule has 142 valence electrons. The van der Waals surface area contributed by atoms with Gasteiger partial charge in [-0.3, -0.25) is 14.5 Å². The predicted octanol–water partition coefficient (Wildman–Crippen LogP) is 3.33. The molecule has 2 N–H and O–H groups in total. The van der Waals surface area contributed by atoms with Gasteiger partial charge in [-0.15, -0.1) is 11.7 Å². The van der Waals surface area contributed by atoms with Gasteiger partial charge >= 0.3 is 0 Å². The lowest BCUT2D eigenvalue weighted by Crippen LogP contribution is -2.31. The normalized spacial score (nSPS) is 16.6. The zero-order valence-corrected chi connectivity index (χ0v) is 15.4. The Balaban J connectivity index is 1.83. The van der Waals surface area contributed by atoms with Crippen LogP contribution in [0, 0.1) is 5.82 Å². The van der Waals surface area contributed by atoms with E-state index in [-0.39, 0.29) is 34.7 Å². The number of amidine groups is 1. The molecule has 0 unspecified atom stereocenters. The highest BCUT2D eigenvalue weighted by Crippen LogP contribution is 2.32. The second-order valence-corrected chi connectivity index (χ2v) is 6.73. The summed E-state index contributed by atoms with van der Waals surface area (Å²) in [4.78, 5) is 26.6. The summed E-state index contributed by atoms with van der Waals surface area (Å²) in [6.45, 7) is 3.83. The van der Waals surface area contributed by atoms with Crippen LogP contribution in [0.15, 0.2) is 71.2 Å². The molecule has 1 aliphatic rings. The molecule has 0 aliphatic carbocycles. The van der Waals surface area contributed by atoms with E-state index < -0.39 is 5.91 Å². The summed E-state index contributed by atoms with van der Waals surface area (Å²) in [7, 11) is 0. The molecule has 6 nitrogen and oxygen atoms in total. The van der Waals surface area contributed by atoms with Gasteiger partial charge in [0.2, 0.25) is 0 Å². The zero-order chi connectivity index (χ0) is 20.1. The number of halogens is 1. The number of aromatic hydroxyl groups is 1. The molecular formula is C20H16FN3O3S. The van der Waals surface area contributed by atoms with Crippen LogP contribution < -0.4 is 5.43 Å². The van der Waals surface area contributed by atoms with E-state index in [1.165, 1.54) is 29.2 Å². The second-order valence-electron chi connectivity index (χ2n) is 5.72. The van der Waals surface area contributed by atoms with Gasteiger partial charge in [-0.1, -0.05) is 30.3 Å². The monoisotopic (exact) mass is 397 g/mol. The van der Waals surface area contributed by atoms with Crippen molar-refractivity contribution in [2.24, 2.45) is 5.10 Å². The summed E-state index contributed by atoms with van der Waals surface area (Å²) in [6.07, 6.45) is 3.16. The van der Waals surface area contributed by atoms with Crippen LogP contribution in [0.3, 0.4) is 0 Å². The predicted molar refractivity (Wildman–Crippen MR) is 107 cm³/mol. The fourth-order valence-electron chi connectivity index (χ4n) is 2.42. The van der Waals surface area contributed by atoms with Crippen molar-refractivity contribution in [3.05, 3.63) is 83.0 Å². The minimum absolute atomic E-state index is 0.0681. The molecule has 0 bridgehead atoms. The number of phenolic OH excluding ortho intramolecular Hbond substituents is 1. The molecule has 28 heavy (non-hydrogen) atoms. The Labute approximate surface area is 165 Å². The van der Waals surface area contributed by atoms with Crippen molar-refractivity contribution in [3.8, 4) is 5.75 Å². The molecule has 1 fully saturated rings. The van der Waals surface area contributed by atoms with Gasteiger partial charge in [0.25, 0.3) is 11.8 Å². The Hall–Kier alpha value is -3.39. The Morgan fingerprint density at radius 1 is 1.25 bits per heavy atom. The van der Waals surface area contributed by atoms with Crippen LogP contribution in [-0.2, 0) is 4.79 Å². The quantitative estimate of drug-likeness (QED) is 0.461. The lowest BCUT2D eigenvalue weighted by Gasteiger charge is -2.12. The van der Waals surface area contributed by atoms with Crippen molar-refractivity contribution in [3.63, 3.8) is 0 Å². The van der Waals surface area contributed by atoms with E-state index in [1.54, 1.807) is 36.4 Å². The van der Waals surface area contributed by atoms with Crippen LogP contribution in [-0.4, -0.2) is 33.5 Å². The summed E-state index contributed by atoms with van der Waals surface area (Å²) in [5, 5.41) is 14.0. The molecule has 0 aromatic heterocycles. The van der Waals surface area contributed by atoms with Crippen LogP contribution in [0.25, 0.3) is 6.08 Å². The first-order valence-corrected chi connectivity index (χ1v) is 9.05. The lowest BCUT2D eigenvalue weighted by atomic mass is 10.2. The van der Waals surface area contributed by atoms with E-state index in [9.17, 15) is 19.1 Å². The lowest BCUT2D eigenvalue weighted by molar-refractivity contribution is -0.121. The largest absolute Gasteiger partial charge is 0.507 e. The highest BCUT2D eigenvalue weighted by atomic mass is 32.2. The Morgan fingerprint density at radius 2 is 1.96 bits per heavy atom. The first-order valence-electron chi connectivity index (χ1n) is 8.23. The average Bonchev–Trinajstić information content (AvgIpc) is 2.97. The van der Waals surface area contributed by atoms with Gasteiger partial charge in [0.05, 0.1) is 10.5 Å². The highest BCUT2D eigenvalue weighted by molar-refractivity contribution is 8.18. The fourth-order valence-corrected chi connectivity index (χ4v) is 3.36. The molecule has 2 aromatic carbocycles. The smallest absolute Gasteiger partial charge is 0.275 e. The molecule has 0 radical (unpaired) electrons. The van der Waals surface area contributed by atoms with Crippen LogP contribution in [0.4, 0.5) is 4.39 Å². The topological polar surface area (TPSA) is 82.0 Å². The molecule has 0 saturated carbocycles. The maximum absolute atomic E-state index is 13.1. The number of rotatable bonds is 5. The Bertz CT molecular complexity index is 986. The van der Waals surface area contributed by atoms with Gasteiger partial charge in [0.15, 0.2) is 5.17 Å². The SMILES string of the molecule is C=CCN1C(=O)C(=Cc2ccc(F)cc2)SC1=NNC(=O)c1ccccc1O. The summed E-state index contributed by atoms with van der Waals surface area (Å²) >= 11 is 1.08. The Morgan fingerprint density at radius 3 is 2.64 bits per heavy atom. The maximum atomic E-state index is 13.1. The van der Waals surface area contributed by atoms with Crippen molar-refractivity contribution in [2.45, 2.75) is 0 Å². The van der Waals surface area contributed by atoms with E-state index in [2.05, 4.69) is 17.1 Å². The number of phenols is 1. The highest BCUT2D eigenvalue weighted by Gasteiger charge is 2.33. The molecule has 0 spiro atoms. The summed E-state index contributed by atoms with van der Waals surface area (Å²) in [5.41, 5.74) is 3.08. The molecule has 1 heterocycles. The first-order chi connectivity index (χ1) is 13.5. The van der Waals surface area contributed by atoms with Crippen molar-refractivity contribution >= 4 is 34.8 Å². The fraction of sp³-hybridized carbons (Fsp3) is 0.0500. The third-order valence-corrected chi connectivity index (χ3v) is 4.78. The van der Waals surface area contributed by atoms with E-state index >= 15 is 0 Å². The number of amides is 2. The van der Waals surface area contributed by atoms with E-state index in [0.29, 0.717) is 10.5 Å². The van der Waals surface area contributed by atoms with Gasteiger partial charge < -0.3 is 5.11 Å². The number of hydrogen-bond acceptors (Lipinski definition) is 5. The van der Waals surface area contributed by atoms with Gasteiger partial charge in [0.1, 0.15) is 11.6 Å². The molecule has 8 heteroatoms. The van der Waals surface area contributed by atoms with Crippen molar-refractivity contribution < 1.29 is 19.1 Å². The minimum Gasteiger partial charge on any atom is -0.507 e.